The van der Waals surface area contributed by atoms with Gasteiger partial charge in [-0.2, -0.15) is 0 Å². The van der Waals surface area contributed by atoms with E-state index in [1.54, 1.807) is 31.4 Å². The maximum Gasteiger partial charge on any atom is 0.187 e. The average molecular weight is 492 g/mol. The number of carbonyl (C=O) groups is 1. The lowest BCUT2D eigenvalue weighted by Crippen LogP contribution is -1.99. The molecular weight excluding hydrogens is 475 g/mol. The molecule has 0 saturated carbocycles. The van der Waals surface area contributed by atoms with E-state index in [0.717, 1.165) is 21.3 Å². The Balaban J connectivity index is 1.75. The molecule has 3 nitrogen and oxygen atoms in total. The van der Waals surface area contributed by atoms with Crippen LogP contribution in [0.3, 0.4) is 0 Å². The quantitative estimate of drug-likeness (QED) is 0.258. The Morgan fingerprint density at radius 3 is 2.48 bits per heavy atom. The van der Waals surface area contributed by atoms with E-state index in [4.69, 9.17) is 32.7 Å². The second-order valence-corrected chi connectivity index (χ2v) is 7.89. The third kappa shape index (κ3) is 5.86. The molecule has 0 aromatic heterocycles. The number of allylic oxidation sites excluding steroid dienone is 1. The largest absolute Gasteiger partial charge is 0.496 e. The highest BCUT2D eigenvalue weighted by Crippen LogP contribution is 2.25. The number of ether oxygens (including phenoxy) is 2. The third-order valence-electron chi connectivity index (χ3n) is 4.14. The summed E-state index contributed by atoms with van der Waals surface area (Å²) in [6.07, 6.45) is 3.21. The maximum absolute atomic E-state index is 12.4. The third-order valence-corrected chi connectivity index (χ3v) is 5.21. The van der Waals surface area contributed by atoms with Crippen LogP contribution in [-0.2, 0) is 6.61 Å². The van der Waals surface area contributed by atoms with Crippen LogP contribution in [0.1, 0.15) is 21.5 Å². The van der Waals surface area contributed by atoms with Crippen molar-refractivity contribution in [3.05, 3.63) is 97.9 Å². The molecule has 0 fully saturated rings. The Bertz CT molecular complexity index is 1050. The van der Waals surface area contributed by atoms with Crippen molar-refractivity contribution >= 4 is 51.0 Å². The Kier molecular flexibility index (Phi) is 7.37. The summed E-state index contributed by atoms with van der Waals surface area (Å²) in [6.45, 7) is 0.337. The average Bonchev–Trinajstić information content (AvgIpc) is 2.71. The minimum atomic E-state index is -0.199. The molecule has 0 radical (unpaired) electrons. The van der Waals surface area contributed by atoms with Gasteiger partial charge in [0.05, 0.1) is 12.1 Å². The van der Waals surface area contributed by atoms with Crippen LogP contribution in [0.25, 0.3) is 6.08 Å². The molecule has 3 aromatic rings. The molecule has 0 aliphatic rings. The molecule has 0 amide bonds. The SMILES string of the molecule is COc1ccc(/C=C/C(=O)c2ccc(Cl)cc2Cl)cc1COc1ccc(Br)cc1. The summed E-state index contributed by atoms with van der Waals surface area (Å²) in [6, 6.07) is 18.0. The van der Waals surface area contributed by atoms with Gasteiger partial charge in [-0.25, -0.2) is 0 Å². The molecule has 0 saturated heterocycles. The van der Waals surface area contributed by atoms with E-state index in [2.05, 4.69) is 15.9 Å². The van der Waals surface area contributed by atoms with Crippen molar-refractivity contribution in [1.29, 1.82) is 0 Å². The molecule has 0 heterocycles. The summed E-state index contributed by atoms with van der Waals surface area (Å²) >= 11 is 15.4. The molecule has 6 heteroatoms. The number of rotatable bonds is 7. The first-order valence-electron chi connectivity index (χ1n) is 8.69. The van der Waals surface area contributed by atoms with Gasteiger partial charge in [-0.15, -0.1) is 0 Å². The zero-order valence-corrected chi connectivity index (χ0v) is 18.6. The van der Waals surface area contributed by atoms with E-state index in [1.807, 2.05) is 42.5 Å². The first-order valence-corrected chi connectivity index (χ1v) is 10.2. The molecule has 29 heavy (non-hydrogen) atoms. The van der Waals surface area contributed by atoms with Gasteiger partial charge in [0, 0.05) is 20.6 Å². The number of hydrogen-bond donors (Lipinski definition) is 0. The molecule has 0 bridgehead atoms. The highest BCUT2D eigenvalue weighted by molar-refractivity contribution is 9.10. The van der Waals surface area contributed by atoms with Gasteiger partial charge in [0.1, 0.15) is 18.1 Å². The summed E-state index contributed by atoms with van der Waals surface area (Å²) in [7, 11) is 1.61. The summed E-state index contributed by atoms with van der Waals surface area (Å²) in [4.78, 5) is 12.4. The van der Waals surface area contributed by atoms with Gasteiger partial charge in [-0.05, 0) is 66.2 Å². The Morgan fingerprint density at radius 1 is 1.03 bits per heavy atom. The van der Waals surface area contributed by atoms with E-state index in [0.29, 0.717) is 28.0 Å². The van der Waals surface area contributed by atoms with Crippen LogP contribution >= 0.6 is 39.1 Å². The fraction of sp³-hybridized carbons (Fsp3) is 0.0870. The molecule has 0 atom stereocenters. The zero-order valence-electron chi connectivity index (χ0n) is 15.5. The van der Waals surface area contributed by atoms with E-state index < -0.39 is 0 Å². The van der Waals surface area contributed by atoms with Gasteiger partial charge in [0.2, 0.25) is 0 Å². The predicted octanol–water partition coefficient (Wildman–Crippen LogP) is 7.24. The smallest absolute Gasteiger partial charge is 0.187 e. The lowest BCUT2D eigenvalue weighted by molar-refractivity contribution is 0.104. The highest BCUT2D eigenvalue weighted by atomic mass is 79.9. The maximum atomic E-state index is 12.4. The minimum absolute atomic E-state index is 0.199. The van der Waals surface area contributed by atoms with Gasteiger partial charge >= 0.3 is 0 Å². The normalized spacial score (nSPS) is 10.9. The second kappa shape index (κ2) is 9.97. The lowest BCUT2D eigenvalue weighted by Gasteiger charge is -2.11. The molecule has 0 spiro atoms. The van der Waals surface area contributed by atoms with Crippen LogP contribution in [0.15, 0.2) is 71.2 Å². The predicted molar refractivity (Wildman–Crippen MR) is 121 cm³/mol. The molecular formula is C23H17BrCl2O3. The van der Waals surface area contributed by atoms with Gasteiger partial charge in [0.15, 0.2) is 5.78 Å². The van der Waals surface area contributed by atoms with Crippen molar-refractivity contribution in [3.63, 3.8) is 0 Å². The fourth-order valence-electron chi connectivity index (χ4n) is 2.66. The van der Waals surface area contributed by atoms with Gasteiger partial charge in [-0.3, -0.25) is 4.79 Å². The monoisotopic (exact) mass is 490 g/mol. The Labute approximate surface area is 188 Å². The van der Waals surface area contributed by atoms with Crippen molar-refractivity contribution in [3.8, 4) is 11.5 Å². The Morgan fingerprint density at radius 2 is 1.79 bits per heavy atom. The lowest BCUT2D eigenvalue weighted by atomic mass is 10.1. The summed E-state index contributed by atoms with van der Waals surface area (Å²) < 4.78 is 12.3. The Hall–Kier alpha value is -2.27. The standard InChI is InChI=1S/C23H17BrCl2O3/c1-28-23-11-3-15(2-10-22(27)20-9-6-18(25)13-21(20)26)12-16(23)14-29-19-7-4-17(24)5-8-19/h2-13H,14H2,1H3/b10-2+. The minimum Gasteiger partial charge on any atom is -0.496 e. The van der Waals surface area contributed by atoms with Gasteiger partial charge < -0.3 is 9.47 Å². The molecule has 0 aliphatic heterocycles. The summed E-state index contributed by atoms with van der Waals surface area (Å²) in [5.41, 5.74) is 2.12. The molecule has 3 rings (SSSR count). The van der Waals surface area contributed by atoms with Crippen molar-refractivity contribution < 1.29 is 14.3 Å². The molecule has 148 valence electrons. The number of methoxy groups -OCH3 is 1. The number of halogens is 3. The first kappa shape index (κ1) is 21.4. The van der Waals surface area contributed by atoms with E-state index in [9.17, 15) is 4.79 Å². The van der Waals surface area contributed by atoms with Crippen LogP contribution in [-0.4, -0.2) is 12.9 Å². The number of benzene rings is 3. The van der Waals surface area contributed by atoms with E-state index >= 15 is 0 Å². The fourth-order valence-corrected chi connectivity index (χ4v) is 3.42. The molecule has 3 aromatic carbocycles. The zero-order chi connectivity index (χ0) is 20.8. The molecule has 0 aliphatic carbocycles. The van der Waals surface area contributed by atoms with Crippen molar-refractivity contribution in [1.82, 2.24) is 0 Å². The van der Waals surface area contributed by atoms with Crippen molar-refractivity contribution in [2.45, 2.75) is 6.61 Å². The van der Waals surface area contributed by atoms with Gasteiger partial charge in [0.25, 0.3) is 0 Å². The van der Waals surface area contributed by atoms with Crippen LogP contribution in [0.2, 0.25) is 10.0 Å². The summed E-state index contributed by atoms with van der Waals surface area (Å²) in [5, 5.41) is 0.812. The van der Waals surface area contributed by atoms with Crippen LogP contribution in [0.5, 0.6) is 11.5 Å². The second-order valence-electron chi connectivity index (χ2n) is 6.14. The summed E-state index contributed by atoms with van der Waals surface area (Å²) in [5.74, 6) is 1.27. The molecule has 0 N–H and O–H groups in total. The number of carbonyl (C=O) groups excluding carboxylic acids is 1. The van der Waals surface area contributed by atoms with Crippen LogP contribution in [0.4, 0.5) is 0 Å². The van der Waals surface area contributed by atoms with Crippen LogP contribution < -0.4 is 9.47 Å². The number of ketones is 1. The highest BCUT2D eigenvalue weighted by Gasteiger charge is 2.09. The van der Waals surface area contributed by atoms with Crippen molar-refractivity contribution in [2.24, 2.45) is 0 Å². The first-order chi connectivity index (χ1) is 14.0. The van der Waals surface area contributed by atoms with Crippen molar-refractivity contribution in [2.75, 3.05) is 7.11 Å². The number of hydrogen-bond acceptors (Lipinski definition) is 3. The van der Waals surface area contributed by atoms with E-state index in [1.165, 1.54) is 6.08 Å². The topological polar surface area (TPSA) is 35.5 Å². The van der Waals surface area contributed by atoms with E-state index in [-0.39, 0.29) is 5.78 Å². The van der Waals surface area contributed by atoms with Crippen LogP contribution in [0, 0.1) is 0 Å². The van der Waals surface area contributed by atoms with Gasteiger partial charge in [-0.1, -0.05) is 51.3 Å². The molecule has 0 unspecified atom stereocenters.